The number of benzene rings is 1. The van der Waals surface area contributed by atoms with Crippen LogP contribution in [0.25, 0.3) is 0 Å². The van der Waals surface area contributed by atoms with Gasteiger partial charge in [0.25, 0.3) is 0 Å². The molecule has 2 aromatic rings. The number of hydrogen-bond donors (Lipinski definition) is 1. The average Bonchev–Trinajstić information content (AvgIpc) is 2.37. The van der Waals surface area contributed by atoms with Gasteiger partial charge in [-0.15, -0.1) is 0 Å². The lowest BCUT2D eigenvalue weighted by Gasteiger charge is -2.22. The van der Waals surface area contributed by atoms with E-state index in [2.05, 4.69) is 44.1 Å². The molecule has 20 heavy (non-hydrogen) atoms. The van der Waals surface area contributed by atoms with Crippen molar-refractivity contribution in [2.75, 3.05) is 5.32 Å². The van der Waals surface area contributed by atoms with Gasteiger partial charge in [0.2, 0.25) is 0 Å². The maximum Gasteiger partial charge on any atom is 0.130 e. The minimum Gasteiger partial charge on any atom is -0.487 e. The molecule has 0 aliphatic heterocycles. The summed E-state index contributed by atoms with van der Waals surface area (Å²) in [6, 6.07) is 12.0. The van der Waals surface area contributed by atoms with Gasteiger partial charge in [0, 0.05) is 17.4 Å². The largest absolute Gasteiger partial charge is 0.487 e. The molecule has 2 rings (SSSR count). The van der Waals surface area contributed by atoms with Gasteiger partial charge >= 0.3 is 0 Å². The van der Waals surface area contributed by atoms with Crippen molar-refractivity contribution in [3.8, 4) is 5.75 Å². The second-order valence-corrected chi connectivity index (χ2v) is 5.97. The highest BCUT2D eigenvalue weighted by Gasteiger charge is 2.10. The molecule has 0 fully saturated rings. The van der Waals surface area contributed by atoms with Gasteiger partial charge in [-0.25, -0.2) is 0 Å². The van der Waals surface area contributed by atoms with Crippen molar-refractivity contribution in [2.24, 2.45) is 0 Å². The molecule has 3 heteroatoms. The van der Waals surface area contributed by atoms with Crippen LogP contribution >= 0.6 is 0 Å². The van der Waals surface area contributed by atoms with Crippen LogP contribution in [-0.2, 0) is 6.61 Å². The second kappa shape index (κ2) is 5.95. The molecule has 0 unspecified atom stereocenters. The lowest BCUT2D eigenvalue weighted by atomic mass is 10.1. The summed E-state index contributed by atoms with van der Waals surface area (Å²) in [5.74, 6) is 0.898. The number of hydrogen-bond acceptors (Lipinski definition) is 3. The molecule has 1 aromatic carbocycles. The van der Waals surface area contributed by atoms with Crippen LogP contribution in [0.5, 0.6) is 5.75 Å². The predicted molar refractivity (Wildman–Crippen MR) is 83.1 cm³/mol. The first-order valence-electron chi connectivity index (χ1n) is 6.85. The molecule has 0 saturated carbocycles. The highest BCUT2D eigenvalue weighted by molar-refractivity contribution is 5.52. The summed E-state index contributed by atoms with van der Waals surface area (Å²) >= 11 is 0. The zero-order valence-electron chi connectivity index (χ0n) is 12.6. The van der Waals surface area contributed by atoms with E-state index < -0.39 is 0 Å². The molecule has 3 nitrogen and oxygen atoms in total. The molecular formula is C17H22N2O. The fourth-order valence-corrected chi connectivity index (χ4v) is 1.96. The Morgan fingerprint density at radius 3 is 2.55 bits per heavy atom. The van der Waals surface area contributed by atoms with E-state index in [4.69, 9.17) is 4.74 Å². The number of pyridine rings is 1. The molecule has 0 aliphatic rings. The van der Waals surface area contributed by atoms with Gasteiger partial charge in [-0.2, -0.15) is 0 Å². The summed E-state index contributed by atoms with van der Waals surface area (Å²) in [4.78, 5) is 4.25. The van der Waals surface area contributed by atoms with Crippen LogP contribution in [0, 0.1) is 6.92 Å². The van der Waals surface area contributed by atoms with Gasteiger partial charge in [-0.05, 0) is 63.6 Å². The average molecular weight is 270 g/mol. The molecule has 0 spiro atoms. The molecule has 0 saturated heterocycles. The molecule has 0 amide bonds. The molecule has 1 aromatic heterocycles. The van der Waals surface area contributed by atoms with Crippen LogP contribution in [0.2, 0.25) is 0 Å². The normalized spacial score (nSPS) is 11.2. The Morgan fingerprint density at radius 2 is 1.95 bits per heavy atom. The SMILES string of the molecule is Cc1cc(NC(C)(C)C)ccc1OCc1ccccn1. The van der Waals surface area contributed by atoms with Crippen LogP contribution in [0.1, 0.15) is 32.0 Å². The Kier molecular flexibility index (Phi) is 4.28. The molecule has 0 aliphatic carbocycles. The Bertz CT molecular complexity index is 559. The van der Waals surface area contributed by atoms with E-state index in [0.717, 1.165) is 22.7 Å². The molecule has 106 valence electrons. The Hall–Kier alpha value is -2.03. The molecule has 0 radical (unpaired) electrons. The number of aryl methyl sites for hydroxylation is 1. The van der Waals surface area contributed by atoms with Crippen molar-refractivity contribution in [3.63, 3.8) is 0 Å². The summed E-state index contributed by atoms with van der Waals surface area (Å²) in [7, 11) is 0. The standard InChI is InChI=1S/C17H22N2O/c1-13-11-14(19-17(2,3)4)8-9-16(13)20-12-15-7-5-6-10-18-15/h5-11,19H,12H2,1-4H3. The first-order chi connectivity index (χ1) is 9.44. The molecular weight excluding hydrogens is 248 g/mol. The van der Waals surface area contributed by atoms with Gasteiger partial charge in [-0.1, -0.05) is 6.07 Å². The number of ether oxygens (including phenoxy) is 1. The van der Waals surface area contributed by atoms with E-state index in [0.29, 0.717) is 6.61 Å². The number of nitrogens with zero attached hydrogens (tertiary/aromatic N) is 1. The topological polar surface area (TPSA) is 34.1 Å². The molecule has 1 heterocycles. The van der Waals surface area contributed by atoms with Crippen molar-refractivity contribution in [3.05, 3.63) is 53.9 Å². The van der Waals surface area contributed by atoms with Gasteiger partial charge in [0.15, 0.2) is 0 Å². The van der Waals surface area contributed by atoms with E-state index in [9.17, 15) is 0 Å². The van der Waals surface area contributed by atoms with Gasteiger partial charge in [0.05, 0.1) is 5.69 Å². The zero-order valence-corrected chi connectivity index (χ0v) is 12.6. The van der Waals surface area contributed by atoms with Crippen molar-refractivity contribution in [2.45, 2.75) is 39.8 Å². The zero-order chi connectivity index (χ0) is 14.6. The minimum atomic E-state index is 0.0583. The van der Waals surface area contributed by atoms with Crippen LogP contribution < -0.4 is 10.1 Å². The van der Waals surface area contributed by atoms with Crippen molar-refractivity contribution < 1.29 is 4.74 Å². The molecule has 0 bridgehead atoms. The fraction of sp³-hybridized carbons (Fsp3) is 0.353. The molecule has 1 N–H and O–H groups in total. The third kappa shape index (κ3) is 4.26. The van der Waals surface area contributed by atoms with Gasteiger partial charge in [-0.3, -0.25) is 4.98 Å². The third-order valence-electron chi connectivity index (χ3n) is 2.80. The minimum absolute atomic E-state index is 0.0583. The molecule has 0 atom stereocenters. The summed E-state index contributed by atoms with van der Waals surface area (Å²) in [6.45, 7) is 8.99. The van der Waals surface area contributed by atoms with E-state index >= 15 is 0 Å². The monoisotopic (exact) mass is 270 g/mol. The maximum absolute atomic E-state index is 5.82. The lowest BCUT2D eigenvalue weighted by Crippen LogP contribution is -2.25. The smallest absolute Gasteiger partial charge is 0.130 e. The van der Waals surface area contributed by atoms with Crippen LogP contribution in [0.3, 0.4) is 0 Å². The Morgan fingerprint density at radius 1 is 1.15 bits per heavy atom. The van der Waals surface area contributed by atoms with Crippen molar-refractivity contribution in [1.29, 1.82) is 0 Å². The van der Waals surface area contributed by atoms with E-state index in [-0.39, 0.29) is 5.54 Å². The number of aromatic nitrogens is 1. The number of nitrogens with one attached hydrogen (secondary N) is 1. The highest BCUT2D eigenvalue weighted by atomic mass is 16.5. The number of rotatable bonds is 4. The second-order valence-electron chi connectivity index (χ2n) is 5.97. The number of anilines is 1. The Balaban J connectivity index is 2.03. The predicted octanol–water partition coefficient (Wildman–Crippen LogP) is 4.18. The first-order valence-corrected chi connectivity index (χ1v) is 6.85. The van der Waals surface area contributed by atoms with Crippen LogP contribution in [0.4, 0.5) is 5.69 Å². The lowest BCUT2D eigenvalue weighted by molar-refractivity contribution is 0.299. The highest BCUT2D eigenvalue weighted by Crippen LogP contribution is 2.24. The third-order valence-corrected chi connectivity index (χ3v) is 2.80. The summed E-state index contributed by atoms with van der Waals surface area (Å²) in [5, 5.41) is 3.46. The van der Waals surface area contributed by atoms with Crippen molar-refractivity contribution >= 4 is 5.69 Å². The van der Waals surface area contributed by atoms with E-state index in [1.165, 1.54) is 0 Å². The van der Waals surface area contributed by atoms with Crippen molar-refractivity contribution in [1.82, 2.24) is 4.98 Å². The van der Waals surface area contributed by atoms with Crippen LogP contribution in [0.15, 0.2) is 42.6 Å². The van der Waals surface area contributed by atoms with Crippen LogP contribution in [-0.4, -0.2) is 10.5 Å². The Labute approximate surface area is 121 Å². The summed E-state index contributed by atoms with van der Waals surface area (Å²) < 4.78 is 5.82. The summed E-state index contributed by atoms with van der Waals surface area (Å²) in [5.41, 5.74) is 3.22. The van der Waals surface area contributed by atoms with Gasteiger partial charge in [0.1, 0.15) is 12.4 Å². The van der Waals surface area contributed by atoms with E-state index in [1.54, 1.807) is 6.20 Å². The quantitative estimate of drug-likeness (QED) is 0.905. The van der Waals surface area contributed by atoms with E-state index in [1.807, 2.05) is 30.3 Å². The maximum atomic E-state index is 5.82. The first kappa shape index (κ1) is 14.4. The summed E-state index contributed by atoms with van der Waals surface area (Å²) in [6.07, 6.45) is 1.78. The van der Waals surface area contributed by atoms with Gasteiger partial charge < -0.3 is 10.1 Å². The fourth-order valence-electron chi connectivity index (χ4n) is 1.96.